The van der Waals surface area contributed by atoms with Gasteiger partial charge in [-0.2, -0.15) is 5.10 Å². The number of amides is 1. The maximum absolute atomic E-state index is 13.0. The fraction of sp³-hybridized carbons (Fsp3) is 0.625. The number of aromatic nitrogens is 4. The van der Waals surface area contributed by atoms with E-state index < -0.39 is 0 Å². The third kappa shape index (κ3) is 2.50. The molecule has 0 radical (unpaired) electrons. The zero-order valence-corrected chi connectivity index (χ0v) is 13.9. The van der Waals surface area contributed by atoms with Gasteiger partial charge in [0, 0.05) is 23.7 Å². The summed E-state index contributed by atoms with van der Waals surface area (Å²) in [4.78, 5) is 14.8. The van der Waals surface area contributed by atoms with Gasteiger partial charge in [0.25, 0.3) is 5.91 Å². The summed E-state index contributed by atoms with van der Waals surface area (Å²) in [6.45, 7) is 5.33. The number of nitrogens with zero attached hydrogens (tertiary/aromatic N) is 4. The Morgan fingerprint density at radius 3 is 3.00 bits per heavy atom. The van der Waals surface area contributed by atoms with Crippen LogP contribution < -0.4 is 0 Å². The Morgan fingerprint density at radius 2 is 2.21 bits per heavy atom. The fourth-order valence-electron chi connectivity index (χ4n) is 3.30. The zero-order chi connectivity index (χ0) is 16.7. The number of ether oxygens (including phenoxy) is 1. The minimum absolute atomic E-state index is 0.0907. The summed E-state index contributed by atoms with van der Waals surface area (Å²) in [6, 6.07) is -0.361. The molecule has 0 aromatic carbocycles. The summed E-state index contributed by atoms with van der Waals surface area (Å²) in [7, 11) is 0. The SMILES string of the molecule is CC(C)c1nnc([C@H]2COCCN2C(=O)c2n[nH]c3c2CCC3)o1. The molecule has 1 N–H and O–H groups in total. The molecular formula is C16H21N5O3. The molecule has 2 aromatic heterocycles. The number of carbonyl (C=O) groups is 1. The van der Waals surface area contributed by atoms with Crippen molar-refractivity contribution >= 4 is 5.91 Å². The molecule has 2 aromatic rings. The Morgan fingerprint density at radius 1 is 1.33 bits per heavy atom. The van der Waals surface area contributed by atoms with E-state index in [1.165, 1.54) is 0 Å². The largest absolute Gasteiger partial charge is 0.423 e. The maximum Gasteiger partial charge on any atom is 0.275 e. The van der Waals surface area contributed by atoms with Crippen LogP contribution >= 0.6 is 0 Å². The first-order chi connectivity index (χ1) is 11.6. The van der Waals surface area contributed by atoms with E-state index in [1.54, 1.807) is 4.90 Å². The molecule has 0 bridgehead atoms. The van der Waals surface area contributed by atoms with Crippen LogP contribution in [0.4, 0.5) is 0 Å². The van der Waals surface area contributed by atoms with Gasteiger partial charge in [0.15, 0.2) is 5.69 Å². The quantitative estimate of drug-likeness (QED) is 0.918. The average Bonchev–Trinajstić information content (AvgIpc) is 3.30. The topological polar surface area (TPSA) is 97.1 Å². The first kappa shape index (κ1) is 15.3. The fourth-order valence-corrected chi connectivity index (χ4v) is 3.30. The Labute approximate surface area is 139 Å². The minimum atomic E-state index is -0.361. The lowest BCUT2D eigenvalue weighted by Gasteiger charge is -2.33. The number of rotatable bonds is 3. The molecule has 1 atom stereocenters. The van der Waals surface area contributed by atoms with Crippen LogP contribution in [0, 0.1) is 0 Å². The third-order valence-corrected chi connectivity index (χ3v) is 4.63. The lowest BCUT2D eigenvalue weighted by molar-refractivity contribution is -0.0111. The van der Waals surface area contributed by atoms with E-state index in [2.05, 4.69) is 20.4 Å². The highest BCUT2D eigenvalue weighted by atomic mass is 16.5. The van der Waals surface area contributed by atoms with E-state index in [0.29, 0.717) is 37.2 Å². The highest BCUT2D eigenvalue weighted by Gasteiger charge is 2.36. The molecule has 2 aliphatic rings. The highest BCUT2D eigenvalue weighted by Crippen LogP contribution is 2.29. The number of hydrogen-bond acceptors (Lipinski definition) is 6. The van der Waals surface area contributed by atoms with Gasteiger partial charge < -0.3 is 14.1 Å². The van der Waals surface area contributed by atoms with Crippen LogP contribution in [0.15, 0.2) is 4.42 Å². The van der Waals surface area contributed by atoms with Crippen LogP contribution in [0.2, 0.25) is 0 Å². The van der Waals surface area contributed by atoms with Crippen LogP contribution in [0.25, 0.3) is 0 Å². The predicted molar refractivity (Wildman–Crippen MR) is 83.6 cm³/mol. The molecule has 0 saturated carbocycles. The van der Waals surface area contributed by atoms with Crippen molar-refractivity contribution in [2.45, 2.75) is 45.1 Å². The summed E-state index contributed by atoms with van der Waals surface area (Å²) >= 11 is 0. The molecule has 1 aliphatic carbocycles. The Hall–Kier alpha value is -2.22. The van der Waals surface area contributed by atoms with Crippen LogP contribution in [-0.4, -0.2) is 51.0 Å². The zero-order valence-electron chi connectivity index (χ0n) is 13.9. The van der Waals surface area contributed by atoms with Crippen molar-refractivity contribution in [2.24, 2.45) is 0 Å². The highest BCUT2D eigenvalue weighted by molar-refractivity contribution is 5.94. The number of hydrogen-bond donors (Lipinski definition) is 1. The maximum atomic E-state index is 13.0. The van der Waals surface area contributed by atoms with Crippen molar-refractivity contribution in [3.8, 4) is 0 Å². The predicted octanol–water partition coefficient (Wildman–Crippen LogP) is 1.62. The monoisotopic (exact) mass is 331 g/mol. The van der Waals surface area contributed by atoms with Crippen molar-refractivity contribution in [1.82, 2.24) is 25.3 Å². The van der Waals surface area contributed by atoms with Gasteiger partial charge in [0.05, 0.1) is 13.2 Å². The summed E-state index contributed by atoms with van der Waals surface area (Å²) in [5, 5.41) is 15.5. The second-order valence-corrected chi connectivity index (χ2v) is 6.61. The van der Waals surface area contributed by atoms with E-state index in [0.717, 1.165) is 30.5 Å². The van der Waals surface area contributed by atoms with E-state index in [1.807, 2.05) is 13.8 Å². The number of nitrogens with one attached hydrogen (secondary N) is 1. The van der Waals surface area contributed by atoms with Crippen LogP contribution in [0.1, 0.15) is 65.8 Å². The number of carbonyl (C=O) groups excluding carboxylic acids is 1. The van der Waals surface area contributed by atoms with E-state index in [9.17, 15) is 4.79 Å². The molecule has 128 valence electrons. The van der Waals surface area contributed by atoms with Gasteiger partial charge >= 0.3 is 0 Å². The number of aromatic amines is 1. The molecule has 8 heteroatoms. The molecule has 1 saturated heterocycles. The second kappa shape index (κ2) is 6.01. The Kier molecular flexibility index (Phi) is 3.84. The lowest BCUT2D eigenvalue weighted by Crippen LogP contribution is -2.44. The molecular weight excluding hydrogens is 310 g/mol. The Bertz CT molecular complexity index is 751. The summed E-state index contributed by atoms with van der Waals surface area (Å²) in [6.07, 6.45) is 2.93. The number of H-pyrrole nitrogens is 1. The number of morpholine rings is 1. The number of aryl methyl sites for hydroxylation is 1. The van der Waals surface area contributed by atoms with Gasteiger partial charge in [0.1, 0.15) is 6.04 Å². The molecule has 8 nitrogen and oxygen atoms in total. The van der Waals surface area contributed by atoms with Crippen molar-refractivity contribution in [2.75, 3.05) is 19.8 Å². The summed E-state index contributed by atoms with van der Waals surface area (Å²) in [5.74, 6) is 1.06. The molecule has 1 fully saturated rings. The molecule has 24 heavy (non-hydrogen) atoms. The van der Waals surface area contributed by atoms with Gasteiger partial charge in [0.2, 0.25) is 11.8 Å². The smallest absolute Gasteiger partial charge is 0.275 e. The van der Waals surface area contributed by atoms with Gasteiger partial charge in [-0.25, -0.2) is 0 Å². The standard InChI is InChI=1S/C16H21N5O3/c1-9(2)14-19-20-15(24-14)12-8-23-7-6-21(12)16(22)13-10-4-3-5-11(10)17-18-13/h9,12H,3-8H2,1-2H3,(H,17,18)/t12-/m1/s1. The van der Waals surface area contributed by atoms with Gasteiger partial charge in [-0.3, -0.25) is 9.89 Å². The van der Waals surface area contributed by atoms with Crippen molar-refractivity contribution in [3.63, 3.8) is 0 Å². The second-order valence-electron chi connectivity index (χ2n) is 6.61. The molecule has 1 aliphatic heterocycles. The molecule has 4 rings (SSSR count). The van der Waals surface area contributed by atoms with Crippen molar-refractivity contribution in [1.29, 1.82) is 0 Å². The van der Waals surface area contributed by atoms with Crippen LogP contribution in [-0.2, 0) is 17.6 Å². The minimum Gasteiger partial charge on any atom is -0.423 e. The summed E-state index contributed by atoms with van der Waals surface area (Å²) in [5.41, 5.74) is 2.67. The van der Waals surface area contributed by atoms with Gasteiger partial charge in [-0.15, -0.1) is 10.2 Å². The van der Waals surface area contributed by atoms with E-state index >= 15 is 0 Å². The Balaban J connectivity index is 1.62. The number of fused-ring (bicyclic) bond motifs is 1. The summed E-state index contributed by atoms with van der Waals surface area (Å²) < 4.78 is 11.3. The third-order valence-electron chi connectivity index (χ3n) is 4.63. The van der Waals surface area contributed by atoms with E-state index in [4.69, 9.17) is 9.15 Å². The van der Waals surface area contributed by atoms with E-state index in [-0.39, 0.29) is 17.9 Å². The molecule has 0 unspecified atom stereocenters. The van der Waals surface area contributed by atoms with Gasteiger partial charge in [-0.1, -0.05) is 13.8 Å². The van der Waals surface area contributed by atoms with Crippen LogP contribution in [0.5, 0.6) is 0 Å². The lowest BCUT2D eigenvalue weighted by atomic mass is 10.1. The normalized spacial score (nSPS) is 20.6. The van der Waals surface area contributed by atoms with Crippen LogP contribution in [0.3, 0.4) is 0 Å². The first-order valence-electron chi connectivity index (χ1n) is 8.43. The molecule has 1 amide bonds. The first-order valence-corrected chi connectivity index (χ1v) is 8.43. The van der Waals surface area contributed by atoms with Crippen molar-refractivity contribution in [3.05, 3.63) is 28.7 Å². The molecule has 3 heterocycles. The van der Waals surface area contributed by atoms with Crippen molar-refractivity contribution < 1.29 is 13.9 Å². The van der Waals surface area contributed by atoms with Gasteiger partial charge in [-0.05, 0) is 19.3 Å². The average molecular weight is 331 g/mol. The molecule has 0 spiro atoms.